The fourth-order valence-electron chi connectivity index (χ4n) is 1.53. The van der Waals surface area contributed by atoms with Gasteiger partial charge in [0.05, 0.1) is 0 Å². The van der Waals surface area contributed by atoms with E-state index in [4.69, 9.17) is 0 Å². The van der Waals surface area contributed by atoms with Gasteiger partial charge in [0.15, 0.2) is 0 Å². The van der Waals surface area contributed by atoms with E-state index in [2.05, 4.69) is 48.3 Å². The van der Waals surface area contributed by atoms with Crippen LogP contribution in [0.2, 0.25) is 0 Å². The Balaban J connectivity index is 2.43. The molecule has 2 rings (SSSR count). The normalized spacial score (nSPS) is 13.7. The number of H-pyrrole nitrogens is 1. The fraction of sp³-hybridized carbons (Fsp3) is 0.455. The maximum atomic E-state index is 4.08. The summed E-state index contributed by atoms with van der Waals surface area (Å²) in [5, 5.41) is 10.7. The summed E-state index contributed by atoms with van der Waals surface area (Å²) in [6, 6.07) is 6.27. The van der Waals surface area contributed by atoms with E-state index in [1.54, 1.807) is 0 Å². The van der Waals surface area contributed by atoms with Crippen molar-refractivity contribution >= 4 is 11.0 Å². The number of fused-ring (bicyclic) bond motifs is 1. The van der Waals surface area contributed by atoms with Crippen molar-refractivity contribution in [3.05, 3.63) is 23.8 Å². The van der Waals surface area contributed by atoms with E-state index in [0.717, 1.165) is 11.0 Å². The molecule has 1 atom stereocenters. The summed E-state index contributed by atoms with van der Waals surface area (Å²) < 4.78 is 0. The van der Waals surface area contributed by atoms with Gasteiger partial charge >= 0.3 is 0 Å². The zero-order chi connectivity index (χ0) is 10.1. The molecule has 3 nitrogen and oxygen atoms in total. The molecule has 3 heteroatoms. The number of rotatable bonds is 2. The van der Waals surface area contributed by atoms with Crippen LogP contribution in [0.5, 0.6) is 0 Å². The van der Waals surface area contributed by atoms with Crippen LogP contribution >= 0.6 is 0 Å². The number of aromatic amines is 1. The number of aromatic nitrogens is 3. The average molecular weight is 189 g/mol. The highest BCUT2D eigenvalue weighted by Crippen LogP contribution is 2.25. The summed E-state index contributed by atoms with van der Waals surface area (Å²) in [4.78, 5) is 0. The molecule has 0 saturated carbocycles. The minimum absolute atomic E-state index is 0.566. The summed E-state index contributed by atoms with van der Waals surface area (Å²) in [7, 11) is 0. The molecule has 74 valence electrons. The van der Waals surface area contributed by atoms with Gasteiger partial charge in [0.25, 0.3) is 0 Å². The first-order chi connectivity index (χ1) is 6.68. The van der Waals surface area contributed by atoms with Gasteiger partial charge in [0.1, 0.15) is 11.0 Å². The van der Waals surface area contributed by atoms with Gasteiger partial charge in [-0.05, 0) is 29.5 Å². The second-order valence-corrected chi connectivity index (χ2v) is 4.10. The molecular formula is C11H15N3. The minimum atomic E-state index is 0.566. The first-order valence-corrected chi connectivity index (χ1v) is 4.99. The van der Waals surface area contributed by atoms with Crippen LogP contribution in [0, 0.1) is 5.92 Å². The Hall–Kier alpha value is -1.38. The van der Waals surface area contributed by atoms with Crippen LogP contribution in [-0.4, -0.2) is 15.4 Å². The second kappa shape index (κ2) is 3.40. The van der Waals surface area contributed by atoms with Gasteiger partial charge in [-0.25, -0.2) is 0 Å². The number of benzene rings is 1. The number of nitrogens with one attached hydrogen (secondary N) is 1. The topological polar surface area (TPSA) is 41.6 Å². The Morgan fingerprint density at radius 1 is 1.07 bits per heavy atom. The molecule has 0 aliphatic carbocycles. The lowest BCUT2D eigenvalue weighted by atomic mass is 9.90. The lowest BCUT2D eigenvalue weighted by Gasteiger charge is -2.15. The van der Waals surface area contributed by atoms with Gasteiger partial charge in [-0.3, -0.25) is 0 Å². The van der Waals surface area contributed by atoms with Crippen LogP contribution in [0.15, 0.2) is 18.2 Å². The van der Waals surface area contributed by atoms with Crippen LogP contribution in [0.3, 0.4) is 0 Å². The van der Waals surface area contributed by atoms with E-state index in [0.29, 0.717) is 11.8 Å². The van der Waals surface area contributed by atoms with Crippen LogP contribution < -0.4 is 0 Å². The number of hydrogen-bond acceptors (Lipinski definition) is 2. The van der Waals surface area contributed by atoms with Gasteiger partial charge in [-0.2, -0.15) is 15.4 Å². The molecule has 0 saturated heterocycles. The summed E-state index contributed by atoms with van der Waals surface area (Å²) in [6.45, 7) is 6.71. The highest BCUT2D eigenvalue weighted by Gasteiger charge is 2.10. The molecule has 0 bridgehead atoms. The first kappa shape index (κ1) is 9.19. The van der Waals surface area contributed by atoms with E-state index in [1.807, 2.05) is 6.07 Å². The summed E-state index contributed by atoms with van der Waals surface area (Å²) in [6.07, 6.45) is 0. The van der Waals surface area contributed by atoms with Crippen molar-refractivity contribution in [3.63, 3.8) is 0 Å². The molecule has 1 heterocycles. The smallest absolute Gasteiger partial charge is 0.113 e. The average Bonchev–Trinajstić information content (AvgIpc) is 2.62. The molecule has 1 aromatic carbocycles. The first-order valence-electron chi connectivity index (χ1n) is 4.99. The number of hydrogen-bond donors (Lipinski definition) is 1. The van der Waals surface area contributed by atoms with Crippen LogP contribution in [0.4, 0.5) is 0 Å². The molecule has 0 spiro atoms. The summed E-state index contributed by atoms with van der Waals surface area (Å²) in [5.41, 5.74) is 3.22. The van der Waals surface area contributed by atoms with Gasteiger partial charge in [-0.1, -0.05) is 26.8 Å². The largest absolute Gasteiger partial charge is 0.197 e. The third-order valence-corrected chi connectivity index (χ3v) is 2.87. The van der Waals surface area contributed by atoms with Crippen molar-refractivity contribution in [2.45, 2.75) is 26.7 Å². The van der Waals surface area contributed by atoms with E-state index in [-0.39, 0.29) is 0 Å². The summed E-state index contributed by atoms with van der Waals surface area (Å²) in [5.74, 6) is 1.22. The highest BCUT2D eigenvalue weighted by molar-refractivity contribution is 5.74. The van der Waals surface area contributed by atoms with E-state index >= 15 is 0 Å². The van der Waals surface area contributed by atoms with Gasteiger partial charge in [-0.15, -0.1) is 0 Å². The van der Waals surface area contributed by atoms with Crippen molar-refractivity contribution in [2.24, 2.45) is 5.92 Å². The molecule has 0 fully saturated rings. The van der Waals surface area contributed by atoms with Crippen molar-refractivity contribution in [3.8, 4) is 0 Å². The molecular weight excluding hydrogens is 174 g/mol. The maximum absolute atomic E-state index is 4.08. The number of nitrogens with zero attached hydrogens (tertiary/aromatic N) is 2. The Bertz CT molecular complexity index is 431. The van der Waals surface area contributed by atoms with Crippen LogP contribution in [0.1, 0.15) is 32.3 Å². The van der Waals surface area contributed by atoms with Crippen LogP contribution in [-0.2, 0) is 0 Å². The lowest BCUT2D eigenvalue weighted by molar-refractivity contribution is 0.535. The lowest BCUT2D eigenvalue weighted by Crippen LogP contribution is -2.01. The Morgan fingerprint density at radius 2 is 1.79 bits per heavy atom. The third kappa shape index (κ3) is 1.50. The SMILES string of the molecule is CC(C)C(C)c1ccc2n[nH]nc2c1. The fourth-order valence-corrected chi connectivity index (χ4v) is 1.53. The molecule has 1 aromatic heterocycles. The molecule has 0 radical (unpaired) electrons. The second-order valence-electron chi connectivity index (χ2n) is 4.10. The monoisotopic (exact) mass is 189 g/mol. The molecule has 0 amide bonds. The standard InChI is InChI=1S/C11H15N3/c1-7(2)8(3)9-4-5-10-11(6-9)13-14-12-10/h4-8H,1-3H3,(H,12,13,14). The molecule has 2 aromatic rings. The maximum Gasteiger partial charge on any atom is 0.113 e. The quantitative estimate of drug-likeness (QED) is 0.789. The van der Waals surface area contributed by atoms with Gasteiger partial charge in [0, 0.05) is 0 Å². The molecule has 1 N–H and O–H groups in total. The highest BCUT2D eigenvalue weighted by atomic mass is 15.3. The van der Waals surface area contributed by atoms with E-state index in [9.17, 15) is 0 Å². The van der Waals surface area contributed by atoms with E-state index in [1.165, 1.54) is 5.56 Å². The molecule has 14 heavy (non-hydrogen) atoms. The van der Waals surface area contributed by atoms with E-state index < -0.39 is 0 Å². The third-order valence-electron chi connectivity index (χ3n) is 2.87. The van der Waals surface area contributed by atoms with Crippen LogP contribution in [0.25, 0.3) is 11.0 Å². The minimum Gasteiger partial charge on any atom is -0.197 e. The van der Waals surface area contributed by atoms with Gasteiger partial charge < -0.3 is 0 Å². The predicted octanol–water partition coefficient (Wildman–Crippen LogP) is 2.72. The molecule has 1 unspecified atom stereocenters. The van der Waals surface area contributed by atoms with Crippen molar-refractivity contribution < 1.29 is 0 Å². The Labute approximate surface area is 83.5 Å². The predicted molar refractivity (Wildman–Crippen MR) is 57.1 cm³/mol. The van der Waals surface area contributed by atoms with Gasteiger partial charge in [0.2, 0.25) is 0 Å². The van der Waals surface area contributed by atoms with Crippen molar-refractivity contribution in [2.75, 3.05) is 0 Å². The molecule has 0 aliphatic heterocycles. The zero-order valence-corrected chi connectivity index (χ0v) is 8.78. The zero-order valence-electron chi connectivity index (χ0n) is 8.78. The Morgan fingerprint density at radius 3 is 2.50 bits per heavy atom. The van der Waals surface area contributed by atoms with Crippen molar-refractivity contribution in [1.82, 2.24) is 15.4 Å². The molecule has 0 aliphatic rings. The Kier molecular flexibility index (Phi) is 2.23. The summed E-state index contributed by atoms with van der Waals surface area (Å²) >= 11 is 0. The van der Waals surface area contributed by atoms with Crippen molar-refractivity contribution in [1.29, 1.82) is 0 Å².